The maximum absolute atomic E-state index is 12.6. The number of carboxylic acid groups (broad SMARTS) is 1. The second kappa shape index (κ2) is 6.63. The number of anilines is 1. The minimum absolute atomic E-state index is 0.0448. The molecule has 2 saturated heterocycles. The highest BCUT2D eigenvalue weighted by Crippen LogP contribution is 2.66. The van der Waals surface area contributed by atoms with Crippen molar-refractivity contribution in [2.45, 2.75) is 56.2 Å². The lowest BCUT2D eigenvalue weighted by Gasteiger charge is -2.59. The molecular formula is C21H25BrN4O6. The van der Waals surface area contributed by atoms with Crippen molar-refractivity contribution in [2.24, 2.45) is 11.3 Å². The van der Waals surface area contributed by atoms with Crippen molar-refractivity contribution in [3.63, 3.8) is 0 Å². The van der Waals surface area contributed by atoms with Crippen LogP contribution >= 0.6 is 15.9 Å². The Kier molecular flexibility index (Phi) is 4.31. The zero-order valence-electron chi connectivity index (χ0n) is 17.7. The summed E-state index contributed by atoms with van der Waals surface area (Å²) in [5.74, 6) is -2.11. The summed E-state index contributed by atoms with van der Waals surface area (Å²) in [7, 11) is 0. The van der Waals surface area contributed by atoms with E-state index in [0.29, 0.717) is 60.7 Å². The number of nitrogens with zero attached hydrogens (tertiary/aromatic N) is 3. The number of rotatable bonds is 3. The molecule has 2 spiro atoms. The molecule has 3 N–H and O–H groups in total. The SMILES string of the molecule is CCC1(c2nc(Br)c3c(N)nccn23)COC2(CC3(C(=O)O)CCC2CC32OCCO2)O1. The fourth-order valence-electron chi connectivity index (χ4n) is 6.29. The molecule has 11 heteroatoms. The molecule has 0 radical (unpaired) electrons. The number of halogens is 1. The molecule has 3 saturated carbocycles. The molecule has 2 bridgehead atoms. The number of fused-ring (bicyclic) bond motifs is 2. The number of aromatic nitrogens is 3. The normalized spacial score (nSPS) is 37.8. The summed E-state index contributed by atoms with van der Waals surface area (Å²) in [4.78, 5) is 21.5. The molecule has 32 heavy (non-hydrogen) atoms. The van der Waals surface area contributed by atoms with Gasteiger partial charge in [-0.1, -0.05) is 6.92 Å². The van der Waals surface area contributed by atoms with E-state index in [1.54, 1.807) is 12.4 Å². The number of nitrogens with two attached hydrogens (primary N) is 1. The van der Waals surface area contributed by atoms with E-state index in [9.17, 15) is 9.90 Å². The van der Waals surface area contributed by atoms with Crippen LogP contribution in [0.5, 0.6) is 0 Å². The molecule has 5 fully saturated rings. The Morgan fingerprint density at radius 2 is 2.16 bits per heavy atom. The van der Waals surface area contributed by atoms with Crippen LogP contribution in [0.3, 0.4) is 0 Å². The molecule has 2 aliphatic heterocycles. The number of hydrogen-bond donors (Lipinski definition) is 2. The molecule has 3 aliphatic carbocycles. The van der Waals surface area contributed by atoms with Crippen LogP contribution in [-0.2, 0) is 29.3 Å². The van der Waals surface area contributed by atoms with Crippen molar-refractivity contribution in [1.29, 1.82) is 0 Å². The highest BCUT2D eigenvalue weighted by Gasteiger charge is 2.75. The van der Waals surface area contributed by atoms with Crippen LogP contribution in [0.25, 0.3) is 5.52 Å². The van der Waals surface area contributed by atoms with Gasteiger partial charge >= 0.3 is 5.97 Å². The van der Waals surface area contributed by atoms with Crippen LogP contribution in [0.2, 0.25) is 0 Å². The molecule has 4 unspecified atom stereocenters. The van der Waals surface area contributed by atoms with Crippen molar-refractivity contribution in [3.8, 4) is 0 Å². The van der Waals surface area contributed by atoms with Crippen molar-refractivity contribution in [2.75, 3.05) is 25.6 Å². The first-order chi connectivity index (χ1) is 15.3. The summed E-state index contributed by atoms with van der Waals surface area (Å²) < 4.78 is 27.6. The molecule has 0 amide bonds. The molecule has 2 aromatic rings. The van der Waals surface area contributed by atoms with Gasteiger partial charge in [-0.05, 0) is 35.2 Å². The van der Waals surface area contributed by atoms with Gasteiger partial charge in [-0.2, -0.15) is 0 Å². The van der Waals surface area contributed by atoms with Gasteiger partial charge in [0.25, 0.3) is 0 Å². The highest BCUT2D eigenvalue weighted by molar-refractivity contribution is 9.10. The maximum atomic E-state index is 12.6. The number of imidazole rings is 1. The molecular weight excluding hydrogens is 484 g/mol. The van der Waals surface area contributed by atoms with Crippen molar-refractivity contribution < 1.29 is 28.8 Å². The van der Waals surface area contributed by atoms with E-state index in [1.165, 1.54) is 0 Å². The van der Waals surface area contributed by atoms with Gasteiger partial charge in [-0.15, -0.1) is 0 Å². The predicted molar refractivity (Wildman–Crippen MR) is 113 cm³/mol. The van der Waals surface area contributed by atoms with Gasteiger partial charge in [0.2, 0.25) is 0 Å². The van der Waals surface area contributed by atoms with Crippen LogP contribution in [0, 0.1) is 11.3 Å². The lowest BCUT2D eigenvalue weighted by Crippen LogP contribution is -2.68. The summed E-state index contributed by atoms with van der Waals surface area (Å²) in [5.41, 5.74) is 4.68. The third-order valence-electron chi connectivity index (χ3n) is 7.93. The highest BCUT2D eigenvalue weighted by atomic mass is 79.9. The fourth-order valence-corrected chi connectivity index (χ4v) is 6.85. The summed E-state index contributed by atoms with van der Waals surface area (Å²) in [6.45, 7) is 3.08. The standard InChI is InChI=1S/C21H25BrN4O6/c1-2-19(16-25-14(22)13-15(23)24-5-6-26(13)16)11-31-20(32-19)10-18(17(27)28)4-3-12(20)9-21(18)29-7-8-30-21/h5-6,12H,2-4,7-11H2,1H3,(H2,23,24)(H,27,28). The number of carboxylic acids is 1. The lowest BCUT2D eigenvalue weighted by atomic mass is 9.54. The van der Waals surface area contributed by atoms with Crippen molar-refractivity contribution >= 4 is 33.2 Å². The van der Waals surface area contributed by atoms with Crippen LogP contribution in [0.15, 0.2) is 17.0 Å². The molecule has 10 nitrogen and oxygen atoms in total. The quantitative estimate of drug-likeness (QED) is 0.641. The van der Waals surface area contributed by atoms with E-state index in [2.05, 4.69) is 20.9 Å². The average Bonchev–Trinajstić information content (AvgIpc) is 3.48. The second-order valence-corrected chi connectivity index (χ2v) is 10.0. The Morgan fingerprint density at radius 3 is 2.88 bits per heavy atom. The zero-order chi connectivity index (χ0) is 22.4. The summed E-state index contributed by atoms with van der Waals surface area (Å²) in [6, 6.07) is 0. The van der Waals surface area contributed by atoms with Crippen LogP contribution in [-0.4, -0.2) is 56.8 Å². The van der Waals surface area contributed by atoms with E-state index >= 15 is 0 Å². The molecule has 5 aliphatic rings. The Balaban J connectivity index is 1.43. The van der Waals surface area contributed by atoms with Gasteiger partial charge < -0.3 is 29.8 Å². The number of ether oxygens (including phenoxy) is 4. The Hall–Kier alpha value is -1.79. The Bertz CT molecular complexity index is 1120. The zero-order valence-corrected chi connectivity index (χ0v) is 19.3. The summed E-state index contributed by atoms with van der Waals surface area (Å²) >= 11 is 3.50. The van der Waals surface area contributed by atoms with Crippen LogP contribution in [0.4, 0.5) is 5.82 Å². The van der Waals surface area contributed by atoms with Crippen LogP contribution < -0.4 is 5.73 Å². The van der Waals surface area contributed by atoms with Crippen molar-refractivity contribution in [1.82, 2.24) is 14.4 Å². The Labute approximate surface area is 192 Å². The minimum Gasteiger partial charge on any atom is -0.481 e. The summed E-state index contributed by atoms with van der Waals surface area (Å²) in [5, 5.41) is 10.3. The van der Waals surface area contributed by atoms with Crippen LogP contribution in [0.1, 0.15) is 44.9 Å². The topological polar surface area (TPSA) is 130 Å². The largest absolute Gasteiger partial charge is 0.481 e. The minimum atomic E-state index is -1.22. The third kappa shape index (κ3) is 2.40. The van der Waals surface area contributed by atoms with Gasteiger partial charge in [0, 0.05) is 31.2 Å². The maximum Gasteiger partial charge on any atom is 0.315 e. The molecule has 0 aromatic carbocycles. The predicted octanol–water partition coefficient (Wildman–Crippen LogP) is 2.44. The first kappa shape index (κ1) is 20.8. The fraction of sp³-hybridized carbons (Fsp3) is 0.667. The van der Waals surface area contributed by atoms with Gasteiger partial charge in [-0.25, -0.2) is 9.97 Å². The monoisotopic (exact) mass is 508 g/mol. The van der Waals surface area contributed by atoms with E-state index < -0.39 is 28.6 Å². The number of nitrogen functional groups attached to an aromatic ring is 1. The van der Waals surface area contributed by atoms with Gasteiger partial charge in [0.05, 0.1) is 19.8 Å². The first-order valence-corrected chi connectivity index (χ1v) is 11.7. The van der Waals surface area contributed by atoms with E-state index in [4.69, 9.17) is 29.7 Å². The summed E-state index contributed by atoms with van der Waals surface area (Å²) in [6.07, 6.45) is 5.76. The molecule has 4 atom stereocenters. The molecule has 7 rings (SSSR count). The smallest absolute Gasteiger partial charge is 0.315 e. The number of carbonyl (C=O) groups is 1. The van der Waals surface area contributed by atoms with E-state index in [1.807, 2.05) is 11.3 Å². The Morgan fingerprint density at radius 1 is 1.38 bits per heavy atom. The van der Waals surface area contributed by atoms with E-state index in [0.717, 1.165) is 0 Å². The number of hydrogen-bond acceptors (Lipinski definition) is 8. The second-order valence-electron chi connectivity index (χ2n) is 9.26. The molecule has 2 aromatic heterocycles. The number of aliphatic carboxylic acids is 1. The van der Waals surface area contributed by atoms with Crippen molar-refractivity contribution in [3.05, 3.63) is 22.8 Å². The third-order valence-corrected chi connectivity index (χ3v) is 8.49. The average molecular weight is 509 g/mol. The first-order valence-electron chi connectivity index (χ1n) is 10.9. The van der Waals surface area contributed by atoms with Gasteiger partial charge in [-0.3, -0.25) is 9.20 Å². The lowest BCUT2D eigenvalue weighted by molar-refractivity contribution is -0.360. The molecule has 4 heterocycles. The van der Waals surface area contributed by atoms with Gasteiger partial charge in [0.1, 0.15) is 21.4 Å². The molecule has 172 valence electrons. The van der Waals surface area contributed by atoms with E-state index in [-0.39, 0.29) is 18.9 Å². The van der Waals surface area contributed by atoms with Gasteiger partial charge in [0.15, 0.2) is 23.0 Å².